The first kappa shape index (κ1) is 48.4. The van der Waals surface area contributed by atoms with Gasteiger partial charge < -0.3 is 15.2 Å². The van der Waals surface area contributed by atoms with Gasteiger partial charge in [0.1, 0.15) is 19.8 Å². The Morgan fingerprint density at radius 3 is 1.38 bits per heavy atom. The average molecular weight is 727 g/mol. The molecule has 0 aromatic carbocycles. The monoisotopic (exact) mass is 727 g/mol. The summed E-state index contributed by atoms with van der Waals surface area (Å²) in [5.41, 5.74) is 5.38. The normalized spacial score (nSPS) is 12.6. The van der Waals surface area contributed by atoms with Gasteiger partial charge in [0, 0.05) is 24.0 Å². The summed E-state index contributed by atoms with van der Waals surface area (Å²) in [5, 5.41) is 0. The quantitative estimate of drug-likeness (QED) is 0.0288. The van der Waals surface area contributed by atoms with Gasteiger partial charge in [-0.2, -0.15) is 0 Å². The van der Waals surface area contributed by atoms with E-state index in [1.165, 1.54) is 103 Å². The second kappa shape index (κ2) is 40.2. The van der Waals surface area contributed by atoms with Crippen molar-refractivity contribution in [1.29, 1.82) is 0 Å². The van der Waals surface area contributed by atoms with Gasteiger partial charge in [-0.1, -0.05) is 141 Å². The second-order valence-electron chi connectivity index (χ2n) is 13.6. The van der Waals surface area contributed by atoms with Gasteiger partial charge in [-0.3, -0.25) is 9.59 Å². The summed E-state index contributed by atoms with van der Waals surface area (Å²) >= 11 is 0. The fourth-order valence-electron chi connectivity index (χ4n) is 5.61. The van der Waals surface area contributed by atoms with Gasteiger partial charge in [0.15, 0.2) is 6.10 Å². The third-order valence-corrected chi connectivity index (χ3v) is 9.45. The molecule has 0 amide bonds. The molecule has 0 aromatic rings. The number of unbranched alkanes of at least 4 members (excludes halogenated alkanes) is 22. The molecule has 8 nitrogen and oxygen atoms in total. The number of hydrogen-bond acceptors (Lipinski definition) is 8. The van der Waals surface area contributed by atoms with Crippen LogP contribution in [-0.4, -0.2) is 44.4 Å². The van der Waals surface area contributed by atoms with Crippen LogP contribution in [0.1, 0.15) is 194 Å². The van der Waals surface area contributed by atoms with Crippen molar-refractivity contribution in [1.82, 2.24) is 0 Å². The third-order valence-electron chi connectivity index (χ3n) is 8.69. The highest BCUT2D eigenvalue weighted by Crippen LogP contribution is 2.24. The molecule has 0 radical (unpaired) electrons. The molecule has 0 fully saturated rings. The van der Waals surface area contributed by atoms with E-state index in [2.05, 4.69) is 38.2 Å². The Labute approximate surface area is 308 Å². The molecule has 0 bridgehead atoms. The van der Waals surface area contributed by atoms with Gasteiger partial charge in [-0.25, -0.2) is 0 Å². The number of esters is 2. The van der Waals surface area contributed by atoms with Crippen LogP contribution in [0.5, 0.6) is 0 Å². The average Bonchev–Trinajstić information content (AvgIpc) is 3.11. The summed E-state index contributed by atoms with van der Waals surface area (Å²) < 4.78 is 33.1. The fourth-order valence-corrected chi connectivity index (χ4v) is 6.22. The van der Waals surface area contributed by atoms with Gasteiger partial charge in [-0.05, 0) is 64.2 Å². The molecule has 0 aliphatic carbocycles. The lowest BCUT2D eigenvalue weighted by molar-refractivity contribution is -0.161. The smallest absolute Gasteiger partial charge is 0.462 e. The number of allylic oxidation sites excluding steroid dienone is 4. The highest BCUT2D eigenvalue weighted by atomic mass is 31.1. The summed E-state index contributed by atoms with van der Waals surface area (Å²) in [6.45, 7) is 4.50. The van der Waals surface area contributed by atoms with Crippen LogP contribution in [-0.2, 0) is 32.7 Å². The molecular formula is C41H77NO7P+. The number of hydrogen-bond donors (Lipinski definition) is 1. The zero-order valence-corrected chi connectivity index (χ0v) is 33.3. The first-order valence-electron chi connectivity index (χ1n) is 20.6. The van der Waals surface area contributed by atoms with Crippen molar-refractivity contribution in [2.45, 2.75) is 200 Å². The second-order valence-corrected chi connectivity index (χ2v) is 14.6. The molecule has 0 aliphatic rings. The van der Waals surface area contributed by atoms with E-state index in [0.29, 0.717) is 6.42 Å². The standard InChI is InChI=1S/C41H77NO7P/c1-3-5-7-9-11-13-15-17-19-21-23-25-27-29-31-33-40(43)46-37-39(38-48-50(45)47-36-35-42)49-41(44)34-32-30-28-26-24-22-20-18-16-14-12-10-8-6-4-2/h17-20,39H,3-16,21-38,42H2,1-2H3/q+1/b19-17-,20-18-. The van der Waals surface area contributed by atoms with Crippen molar-refractivity contribution in [3.8, 4) is 0 Å². The van der Waals surface area contributed by atoms with E-state index in [9.17, 15) is 14.2 Å². The SMILES string of the molecule is CCCCCCCC/C=C\CCCCCCCC(=O)OCC(CO[P+](=O)OCCN)OC(=O)CCCCCCC/C=C\CCCCCCCC. The minimum absolute atomic E-state index is 0.0973. The lowest BCUT2D eigenvalue weighted by Gasteiger charge is -2.16. The van der Waals surface area contributed by atoms with Gasteiger partial charge in [-0.15, -0.1) is 9.05 Å². The maximum absolute atomic E-state index is 12.5. The first-order valence-corrected chi connectivity index (χ1v) is 21.7. The van der Waals surface area contributed by atoms with Gasteiger partial charge in [0.05, 0.1) is 0 Å². The lowest BCUT2D eigenvalue weighted by Crippen LogP contribution is -2.29. The van der Waals surface area contributed by atoms with Crippen LogP contribution < -0.4 is 5.73 Å². The Morgan fingerprint density at radius 1 is 0.540 bits per heavy atom. The summed E-state index contributed by atoms with van der Waals surface area (Å²) in [6, 6.07) is 0. The van der Waals surface area contributed by atoms with Crippen LogP contribution in [0, 0.1) is 0 Å². The Balaban J connectivity index is 4.09. The topological polar surface area (TPSA) is 114 Å². The van der Waals surface area contributed by atoms with Crippen LogP contribution in [0.2, 0.25) is 0 Å². The molecule has 2 atom stereocenters. The predicted octanol–water partition coefficient (Wildman–Crippen LogP) is 12.2. The van der Waals surface area contributed by atoms with Crippen LogP contribution in [0.4, 0.5) is 0 Å². The van der Waals surface area contributed by atoms with E-state index in [1.807, 2.05) is 0 Å². The number of ether oxygens (including phenoxy) is 2. The van der Waals surface area contributed by atoms with E-state index < -0.39 is 14.4 Å². The predicted molar refractivity (Wildman–Crippen MR) is 208 cm³/mol. The first-order chi connectivity index (χ1) is 24.5. The molecule has 2 N–H and O–H groups in total. The highest BCUT2D eigenvalue weighted by Gasteiger charge is 2.26. The van der Waals surface area contributed by atoms with E-state index in [-0.39, 0.29) is 44.7 Å². The molecule has 50 heavy (non-hydrogen) atoms. The molecule has 0 heterocycles. The van der Waals surface area contributed by atoms with E-state index in [4.69, 9.17) is 24.3 Å². The highest BCUT2D eigenvalue weighted by molar-refractivity contribution is 7.33. The maximum Gasteiger partial charge on any atom is 0.697 e. The van der Waals surface area contributed by atoms with Crippen molar-refractivity contribution in [2.75, 3.05) is 26.4 Å². The van der Waals surface area contributed by atoms with Crippen molar-refractivity contribution in [2.24, 2.45) is 5.73 Å². The van der Waals surface area contributed by atoms with Crippen molar-refractivity contribution >= 4 is 20.2 Å². The summed E-state index contributed by atoms with van der Waals surface area (Å²) in [6.07, 6.45) is 40.0. The molecule has 2 unspecified atom stereocenters. The summed E-state index contributed by atoms with van der Waals surface area (Å²) in [4.78, 5) is 24.9. The minimum Gasteiger partial charge on any atom is -0.462 e. The molecule has 0 aromatic heterocycles. The molecule has 0 saturated carbocycles. The van der Waals surface area contributed by atoms with Gasteiger partial charge >= 0.3 is 20.2 Å². The number of carbonyl (C=O) groups excluding carboxylic acids is 2. The third kappa shape index (κ3) is 37.7. The molecule has 0 rings (SSSR count). The van der Waals surface area contributed by atoms with Crippen LogP contribution >= 0.6 is 8.25 Å². The van der Waals surface area contributed by atoms with Crippen LogP contribution in [0.15, 0.2) is 24.3 Å². The Kier molecular flexibility index (Phi) is 38.9. The minimum atomic E-state index is -2.40. The van der Waals surface area contributed by atoms with Crippen molar-refractivity contribution in [3.05, 3.63) is 24.3 Å². The van der Waals surface area contributed by atoms with Crippen molar-refractivity contribution < 1.29 is 32.7 Å². The lowest BCUT2D eigenvalue weighted by atomic mass is 10.1. The van der Waals surface area contributed by atoms with Crippen LogP contribution in [0.25, 0.3) is 0 Å². The molecule has 0 spiro atoms. The number of carbonyl (C=O) groups is 2. The molecule has 9 heteroatoms. The largest absolute Gasteiger partial charge is 0.697 e. The van der Waals surface area contributed by atoms with Gasteiger partial charge in [0.25, 0.3) is 0 Å². The zero-order valence-electron chi connectivity index (χ0n) is 32.4. The van der Waals surface area contributed by atoms with Crippen LogP contribution in [0.3, 0.4) is 0 Å². The summed E-state index contributed by atoms with van der Waals surface area (Å²) in [5.74, 6) is -0.702. The van der Waals surface area contributed by atoms with E-state index in [0.717, 1.165) is 64.2 Å². The number of nitrogens with two attached hydrogens (primary N) is 1. The molecule has 292 valence electrons. The Bertz CT molecular complexity index is 836. The van der Waals surface area contributed by atoms with Crippen molar-refractivity contribution in [3.63, 3.8) is 0 Å². The summed E-state index contributed by atoms with van der Waals surface area (Å²) in [7, 11) is -2.40. The van der Waals surface area contributed by atoms with E-state index >= 15 is 0 Å². The maximum atomic E-state index is 12.5. The number of rotatable bonds is 39. The Hall–Kier alpha value is -1.60. The Morgan fingerprint density at radius 2 is 0.940 bits per heavy atom. The zero-order chi connectivity index (χ0) is 36.6. The van der Waals surface area contributed by atoms with E-state index in [1.54, 1.807) is 0 Å². The molecular weight excluding hydrogens is 649 g/mol. The fraction of sp³-hybridized carbons (Fsp3) is 0.854. The van der Waals surface area contributed by atoms with Gasteiger partial charge in [0.2, 0.25) is 0 Å². The molecule has 0 aliphatic heterocycles. The molecule has 0 saturated heterocycles.